The Bertz CT molecular complexity index is 894. The van der Waals surface area contributed by atoms with Gasteiger partial charge < -0.3 is 20.1 Å². The molecule has 6 heteroatoms. The van der Waals surface area contributed by atoms with Gasteiger partial charge in [0, 0.05) is 0 Å². The number of hydrogen-bond donors (Lipinski definition) is 2. The summed E-state index contributed by atoms with van der Waals surface area (Å²) in [5.41, 5.74) is 3.90. The molecule has 2 aromatic rings. The first-order valence-corrected chi connectivity index (χ1v) is 9.14. The minimum absolute atomic E-state index is 0.290. The Morgan fingerprint density at radius 3 is 2.59 bits per heavy atom. The van der Waals surface area contributed by atoms with Gasteiger partial charge >= 0.3 is 5.97 Å². The summed E-state index contributed by atoms with van der Waals surface area (Å²) >= 11 is 5.41. The first-order valence-electron chi connectivity index (χ1n) is 8.74. The van der Waals surface area contributed by atoms with Crippen molar-refractivity contribution >= 4 is 29.0 Å². The van der Waals surface area contributed by atoms with Gasteiger partial charge in [0.1, 0.15) is 5.75 Å². The summed E-state index contributed by atoms with van der Waals surface area (Å²) in [6.45, 7) is 4.05. The number of esters is 1. The monoisotopic (exact) mass is 382 g/mol. The highest BCUT2D eigenvalue weighted by molar-refractivity contribution is 7.80. The molecule has 0 fully saturated rings. The normalized spacial score (nSPS) is 16.4. The second-order valence-corrected chi connectivity index (χ2v) is 6.54. The number of carbonyl (C=O) groups excluding carboxylic acids is 1. The number of benzene rings is 2. The van der Waals surface area contributed by atoms with Crippen LogP contribution in [0, 0.1) is 6.92 Å². The van der Waals surface area contributed by atoms with Gasteiger partial charge in [0.05, 0.1) is 31.0 Å². The van der Waals surface area contributed by atoms with E-state index in [4.69, 9.17) is 21.7 Å². The first-order chi connectivity index (χ1) is 13.0. The van der Waals surface area contributed by atoms with Crippen LogP contribution in [0.5, 0.6) is 5.75 Å². The molecule has 1 aliphatic heterocycles. The van der Waals surface area contributed by atoms with E-state index in [1.165, 1.54) is 0 Å². The third-order valence-electron chi connectivity index (χ3n) is 4.40. The average Bonchev–Trinajstić information content (AvgIpc) is 2.68. The highest BCUT2D eigenvalue weighted by Gasteiger charge is 2.33. The van der Waals surface area contributed by atoms with Gasteiger partial charge in [0.2, 0.25) is 0 Å². The second kappa shape index (κ2) is 8.22. The summed E-state index contributed by atoms with van der Waals surface area (Å²) in [5, 5.41) is 6.78. The summed E-state index contributed by atoms with van der Waals surface area (Å²) in [6, 6.07) is 15.0. The van der Waals surface area contributed by atoms with Crippen LogP contribution >= 0.6 is 12.2 Å². The molecule has 1 heterocycles. The van der Waals surface area contributed by atoms with Gasteiger partial charge in [-0.25, -0.2) is 4.79 Å². The topological polar surface area (TPSA) is 59.6 Å². The van der Waals surface area contributed by atoms with E-state index >= 15 is 0 Å². The Hall–Kier alpha value is -2.86. The zero-order valence-corrected chi connectivity index (χ0v) is 16.4. The predicted molar refractivity (Wildman–Crippen MR) is 109 cm³/mol. The Balaban J connectivity index is 2.18. The Morgan fingerprint density at radius 1 is 1.19 bits per heavy atom. The molecule has 1 aliphatic rings. The number of thiocarbonyl (C=S) groups is 1. The number of nitrogens with one attached hydrogen (secondary N) is 2. The zero-order valence-electron chi connectivity index (χ0n) is 15.5. The SMILES string of the molecule is CCOC(=O)C1=C(c2ccccc2)NC(=S)N[C@H]1c1ccc(C)c(OC)c1. The fourth-order valence-corrected chi connectivity index (χ4v) is 3.31. The molecule has 0 saturated heterocycles. The number of carbonyl (C=O) groups is 1. The quantitative estimate of drug-likeness (QED) is 0.610. The molecular weight excluding hydrogens is 360 g/mol. The Kier molecular flexibility index (Phi) is 5.76. The second-order valence-electron chi connectivity index (χ2n) is 6.14. The van der Waals surface area contributed by atoms with Crippen LogP contribution in [0.3, 0.4) is 0 Å². The molecule has 0 spiro atoms. The van der Waals surface area contributed by atoms with E-state index in [9.17, 15) is 4.79 Å². The molecule has 140 valence electrons. The van der Waals surface area contributed by atoms with Crippen molar-refractivity contribution < 1.29 is 14.3 Å². The summed E-state index contributed by atoms with van der Waals surface area (Å²) in [7, 11) is 1.63. The van der Waals surface area contributed by atoms with Crippen molar-refractivity contribution in [3.8, 4) is 5.75 Å². The third kappa shape index (κ3) is 3.95. The molecule has 0 radical (unpaired) electrons. The number of aryl methyl sites for hydroxylation is 1. The molecule has 2 N–H and O–H groups in total. The molecular formula is C21H22N2O3S. The lowest BCUT2D eigenvalue weighted by molar-refractivity contribution is -0.138. The summed E-state index contributed by atoms with van der Waals surface area (Å²) in [5.74, 6) is 0.367. The molecule has 0 saturated carbocycles. The van der Waals surface area contributed by atoms with Crippen LogP contribution in [-0.4, -0.2) is 24.8 Å². The van der Waals surface area contributed by atoms with E-state index in [1.54, 1.807) is 14.0 Å². The number of rotatable bonds is 5. The number of hydrogen-bond acceptors (Lipinski definition) is 4. The van der Waals surface area contributed by atoms with Gasteiger partial charge in [-0.2, -0.15) is 0 Å². The molecule has 0 unspecified atom stereocenters. The van der Waals surface area contributed by atoms with Crippen LogP contribution in [0.1, 0.15) is 29.7 Å². The average molecular weight is 382 g/mol. The van der Waals surface area contributed by atoms with Gasteiger partial charge in [-0.3, -0.25) is 0 Å². The third-order valence-corrected chi connectivity index (χ3v) is 4.62. The van der Waals surface area contributed by atoms with Crippen LogP contribution in [-0.2, 0) is 9.53 Å². The van der Waals surface area contributed by atoms with Crippen LogP contribution in [0.4, 0.5) is 0 Å². The number of ether oxygens (including phenoxy) is 2. The molecule has 0 bridgehead atoms. The lowest BCUT2D eigenvalue weighted by Crippen LogP contribution is -2.45. The van der Waals surface area contributed by atoms with E-state index < -0.39 is 6.04 Å². The molecule has 1 atom stereocenters. The van der Waals surface area contributed by atoms with Crippen molar-refractivity contribution in [1.29, 1.82) is 0 Å². The maximum absolute atomic E-state index is 12.9. The molecule has 2 aromatic carbocycles. The highest BCUT2D eigenvalue weighted by Crippen LogP contribution is 2.34. The van der Waals surface area contributed by atoms with Crippen molar-refractivity contribution in [2.45, 2.75) is 19.9 Å². The van der Waals surface area contributed by atoms with Crippen molar-refractivity contribution in [1.82, 2.24) is 10.6 Å². The van der Waals surface area contributed by atoms with Crippen LogP contribution in [0.2, 0.25) is 0 Å². The van der Waals surface area contributed by atoms with E-state index in [0.717, 1.165) is 22.4 Å². The van der Waals surface area contributed by atoms with Crippen molar-refractivity contribution in [2.24, 2.45) is 0 Å². The lowest BCUT2D eigenvalue weighted by Gasteiger charge is -2.31. The molecule has 3 rings (SSSR count). The van der Waals surface area contributed by atoms with Crippen molar-refractivity contribution in [3.63, 3.8) is 0 Å². The van der Waals surface area contributed by atoms with Gasteiger partial charge in [0.15, 0.2) is 5.11 Å². The largest absolute Gasteiger partial charge is 0.496 e. The van der Waals surface area contributed by atoms with Gasteiger partial charge in [-0.15, -0.1) is 0 Å². The first kappa shape index (κ1) is 18.9. The summed E-state index contributed by atoms with van der Waals surface area (Å²) in [4.78, 5) is 12.9. The molecule has 0 amide bonds. The minimum Gasteiger partial charge on any atom is -0.496 e. The van der Waals surface area contributed by atoms with Crippen molar-refractivity contribution in [2.75, 3.05) is 13.7 Å². The standard InChI is InChI=1S/C21H22N2O3S/c1-4-26-20(24)17-18(14-8-6-5-7-9-14)22-21(27)23-19(17)15-11-10-13(2)16(12-15)25-3/h5-12,19H,4H2,1-3H3,(H2,22,23,27)/t19-/m0/s1. The maximum atomic E-state index is 12.9. The van der Waals surface area contributed by atoms with E-state index in [2.05, 4.69) is 10.6 Å². The smallest absolute Gasteiger partial charge is 0.338 e. The predicted octanol–water partition coefficient (Wildman–Crippen LogP) is 3.50. The molecule has 0 aromatic heterocycles. The van der Waals surface area contributed by atoms with E-state index in [-0.39, 0.29) is 5.97 Å². The molecule has 27 heavy (non-hydrogen) atoms. The minimum atomic E-state index is -0.442. The maximum Gasteiger partial charge on any atom is 0.338 e. The van der Waals surface area contributed by atoms with Crippen LogP contribution in [0.25, 0.3) is 5.70 Å². The van der Waals surface area contributed by atoms with Crippen LogP contribution in [0.15, 0.2) is 54.1 Å². The summed E-state index contributed by atoms with van der Waals surface area (Å²) < 4.78 is 10.8. The van der Waals surface area contributed by atoms with Crippen LogP contribution < -0.4 is 15.4 Å². The Morgan fingerprint density at radius 2 is 1.93 bits per heavy atom. The zero-order chi connectivity index (χ0) is 19.4. The summed E-state index contributed by atoms with van der Waals surface area (Å²) in [6.07, 6.45) is 0. The van der Waals surface area contributed by atoms with Gasteiger partial charge in [-0.1, -0.05) is 42.5 Å². The van der Waals surface area contributed by atoms with E-state index in [1.807, 2.05) is 55.5 Å². The van der Waals surface area contributed by atoms with Crippen molar-refractivity contribution in [3.05, 3.63) is 70.8 Å². The molecule has 5 nitrogen and oxygen atoms in total. The fourth-order valence-electron chi connectivity index (χ4n) is 3.09. The molecule has 0 aliphatic carbocycles. The Labute approximate surface area is 164 Å². The van der Waals surface area contributed by atoms with Gasteiger partial charge in [0.25, 0.3) is 0 Å². The highest BCUT2D eigenvalue weighted by atomic mass is 32.1. The fraction of sp³-hybridized carbons (Fsp3) is 0.238. The number of methoxy groups -OCH3 is 1. The lowest BCUT2D eigenvalue weighted by atomic mass is 9.92. The van der Waals surface area contributed by atoms with E-state index in [0.29, 0.717) is 23.0 Å². The van der Waals surface area contributed by atoms with Gasteiger partial charge in [-0.05, 0) is 48.8 Å².